The standard InChI is InChI=1S/C12H26N2O/c1-8(2)7-9(3)14-11(15)10(13)12(4,5)6/h8-10H,7,13H2,1-6H3,(H,14,15)/t9?,10-/m0/s1. The third-order valence-electron chi connectivity index (χ3n) is 2.43. The summed E-state index contributed by atoms with van der Waals surface area (Å²) in [7, 11) is 0. The second-order valence-corrected chi connectivity index (χ2v) is 5.88. The van der Waals surface area contributed by atoms with E-state index in [1.165, 1.54) is 0 Å². The van der Waals surface area contributed by atoms with Crippen LogP contribution in [-0.4, -0.2) is 18.0 Å². The molecule has 1 amide bonds. The van der Waals surface area contributed by atoms with Gasteiger partial charge in [-0.25, -0.2) is 0 Å². The Hall–Kier alpha value is -0.570. The summed E-state index contributed by atoms with van der Waals surface area (Å²) in [5, 5.41) is 2.95. The molecule has 0 aliphatic carbocycles. The van der Waals surface area contributed by atoms with Crippen LogP contribution in [0.25, 0.3) is 0 Å². The number of carbonyl (C=O) groups is 1. The van der Waals surface area contributed by atoms with Crippen LogP contribution in [-0.2, 0) is 4.79 Å². The molecule has 0 saturated carbocycles. The number of nitrogens with two attached hydrogens (primary N) is 1. The summed E-state index contributed by atoms with van der Waals surface area (Å²) in [6.45, 7) is 12.2. The van der Waals surface area contributed by atoms with Crippen LogP contribution in [0.2, 0.25) is 0 Å². The number of carbonyl (C=O) groups excluding carboxylic acids is 1. The molecule has 3 N–H and O–H groups in total. The van der Waals surface area contributed by atoms with Crippen molar-refractivity contribution in [3.05, 3.63) is 0 Å². The summed E-state index contributed by atoms with van der Waals surface area (Å²) < 4.78 is 0. The van der Waals surface area contributed by atoms with Crippen molar-refractivity contribution in [2.75, 3.05) is 0 Å². The average Bonchev–Trinajstić information content (AvgIpc) is 1.99. The zero-order chi connectivity index (χ0) is 12.2. The lowest BCUT2D eigenvalue weighted by molar-refractivity contribution is -0.125. The molecule has 0 bridgehead atoms. The molecule has 3 nitrogen and oxygen atoms in total. The van der Waals surface area contributed by atoms with Crippen molar-refractivity contribution in [3.63, 3.8) is 0 Å². The molecule has 0 aromatic rings. The minimum absolute atomic E-state index is 0.0457. The van der Waals surface area contributed by atoms with E-state index in [2.05, 4.69) is 19.2 Å². The third kappa shape index (κ3) is 5.78. The summed E-state index contributed by atoms with van der Waals surface area (Å²) >= 11 is 0. The summed E-state index contributed by atoms with van der Waals surface area (Å²) in [5.41, 5.74) is 5.68. The van der Waals surface area contributed by atoms with E-state index >= 15 is 0 Å². The van der Waals surface area contributed by atoms with Gasteiger partial charge in [0.05, 0.1) is 6.04 Å². The van der Waals surface area contributed by atoms with Gasteiger partial charge in [0.2, 0.25) is 5.91 Å². The molecule has 0 fully saturated rings. The number of hydrogen-bond acceptors (Lipinski definition) is 2. The van der Waals surface area contributed by atoms with Crippen LogP contribution < -0.4 is 11.1 Å². The van der Waals surface area contributed by atoms with Gasteiger partial charge in [-0.1, -0.05) is 34.6 Å². The maximum atomic E-state index is 11.7. The van der Waals surface area contributed by atoms with E-state index in [4.69, 9.17) is 5.73 Å². The molecule has 0 heterocycles. The summed E-state index contributed by atoms with van der Waals surface area (Å²) in [4.78, 5) is 11.7. The molecule has 0 spiro atoms. The molecular formula is C12H26N2O. The molecule has 1 unspecified atom stereocenters. The normalized spacial score (nSPS) is 16.3. The van der Waals surface area contributed by atoms with Crippen LogP contribution in [0.5, 0.6) is 0 Å². The van der Waals surface area contributed by atoms with Crippen molar-refractivity contribution in [3.8, 4) is 0 Å². The van der Waals surface area contributed by atoms with Gasteiger partial charge in [-0.15, -0.1) is 0 Å². The smallest absolute Gasteiger partial charge is 0.237 e. The Kier molecular flexibility index (Phi) is 5.29. The molecular weight excluding hydrogens is 188 g/mol. The first-order chi connectivity index (χ1) is 6.64. The molecule has 0 aromatic heterocycles. The maximum Gasteiger partial charge on any atom is 0.237 e. The topological polar surface area (TPSA) is 55.1 Å². The molecule has 0 rings (SSSR count). The Balaban J connectivity index is 4.14. The van der Waals surface area contributed by atoms with Crippen LogP contribution in [0.3, 0.4) is 0 Å². The largest absolute Gasteiger partial charge is 0.352 e. The fraction of sp³-hybridized carbons (Fsp3) is 0.917. The van der Waals surface area contributed by atoms with Gasteiger partial charge in [-0.3, -0.25) is 4.79 Å². The first kappa shape index (κ1) is 14.4. The minimum Gasteiger partial charge on any atom is -0.352 e. The molecule has 0 aliphatic rings. The maximum absolute atomic E-state index is 11.7. The van der Waals surface area contributed by atoms with Gasteiger partial charge in [0.15, 0.2) is 0 Å². The predicted octanol–water partition coefficient (Wildman–Crippen LogP) is 1.91. The van der Waals surface area contributed by atoms with E-state index in [9.17, 15) is 4.79 Å². The second kappa shape index (κ2) is 5.50. The number of hydrogen-bond donors (Lipinski definition) is 2. The Morgan fingerprint density at radius 1 is 1.27 bits per heavy atom. The molecule has 0 aromatic carbocycles. The van der Waals surface area contributed by atoms with Crippen LogP contribution in [0.1, 0.15) is 48.0 Å². The molecule has 15 heavy (non-hydrogen) atoms. The minimum atomic E-state index is -0.438. The second-order valence-electron chi connectivity index (χ2n) is 5.88. The van der Waals surface area contributed by atoms with E-state index in [0.29, 0.717) is 5.92 Å². The highest BCUT2D eigenvalue weighted by Gasteiger charge is 2.28. The van der Waals surface area contributed by atoms with Crippen LogP contribution in [0, 0.1) is 11.3 Å². The number of nitrogens with one attached hydrogen (secondary N) is 1. The van der Waals surface area contributed by atoms with Crippen LogP contribution in [0.15, 0.2) is 0 Å². The van der Waals surface area contributed by atoms with Gasteiger partial charge in [0.1, 0.15) is 0 Å². The molecule has 0 radical (unpaired) electrons. The van der Waals surface area contributed by atoms with E-state index in [-0.39, 0.29) is 17.4 Å². The fourth-order valence-corrected chi connectivity index (χ4v) is 1.49. The van der Waals surface area contributed by atoms with Crippen molar-refractivity contribution in [2.45, 2.75) is 60.0 Å². The number of amides is 1. The van der Waals surface area contributed by atoms with Crippen molar-refractivity contribution >= 4 is 5.91 Å². The van der Waals surface area contributed by atoms with Gasteiger partial charge in [0.25, 0.3) is 0 Å². The highest BCUT2D eigenvalue weighted by atomic mass is 16.2. The Morgan fingerprint density at radius 2 is 1.73 bits per heavy atom. The van der Waals surface area contributed by atoms with Crippen molar-refractivity contribution in [1.29, 1.82) is 0 Å². The van der Waals surface area contributed by atoms with Crippen LogP contribution >= 0.6 is 0 Å². The highest BCUT2D eigenvalue weighted by Crippen LogP contribution is 2.17. The quantitative estimate of drug-likeness (QED) is 0.751. The Bertz CT molecular complexity index is 206. The lowest BCUT2D eigenvalue weighted by Gasteiger charge is -2.27. The summed E-state index contributed by atoms with van der Waals surface area (Å²) in [5.74, 6) is 0.543. The zero-order valence-corrected chi connectivity index (χ0v) is 10.9. The van der Waals surface area contributed by atoms with Crippen molar-refractivity contribution in [2.24, 2.45) is 17.1 Å². The first-order valence-corrected chi connectivity index (χ1v) is 5.70. The van der Waals surface area contributed by atoms with E-state index < -0.39 is 6.04 Å². The summed E-state index contributed by atoms with van der Waals surface area (Å²) in [6.07, 6.45) is 0.989. The highest BCUT2D eigenvalue weighted by molar-refractivity contribution is 5.82. The van der Waals surface area contributed by atoms with Crippen LogP contribution in [0.4, 0.5) is 0 Å². The van der Waals surface area contributed by atoms with E-state index in [0.717, 1.165) is 6.42 Å². The van der Waals surface area contributed by atoms with Crippen molar-refractivity contribution < 1.29 is 4.79 Å². The predicted molar refractivity (Wildman–Crippen MR) is 64.5 cm³/mol. The molecule has 3 heteroatoms. The van der Waals surface area contributed by atoms with Gasteiger partial charge < -0.3 is 11.1 Å². The monoisotopic (exact) mass is 214 g/mol. The fourth-order valence-electron chi connectivity index (χ4n) is 1.49. The van der Waals surface area contributed by atoms with Gasteiger partial charge in [0, 0.05) is 6.04 Å². The third-order valence-corrected chi connectivity index (χ3v) is 2.43. The lowest BCUT2D eigenvalue weighted by atomic mass is 9.86. The molecule has 0 aliphatic heterocycles. The first-order valence-electron chi connectivity index (χ1n) is 5.70. The Morgan fingerprint density at radius 3 is 2.07 bits per heavy atom. The van der Waals surface area contributed by atoms with E-state index in [1.807, 2.05) is 27.7 Å². The molecule has 2 atom stereocenters. The van der Waals surface area contributed by atoms with E-state index in [1.54, 1.807) is 0 Å². The average molecular weight is 214 g/mol. The number of rotatable bonds is 4. The van der Waals surface area contributed by atoms with Crippen molar-refractivity contribution in [1.82, 2.24) is 5.32 Å². The van der Waals surface area contributed by atoms with Gasteiger partial charge in [-0.2, -0.15) is 0 Å². The SMILES string of the molecule is CC(C)CC(C)NC(=O)[C@H](N)C(C)(C)C. The summed E-state index contributed by atoms with van der Waals surface area (Å²) in [6, 6.07) is -0.238. The van der Waals surface area contributed by atoms with Gasteiger partial charge in [-0.05, 0) is 24.7 Å². The molecule has 90 valence electrons. The lowest BCUT2D eigenvalue weighted by Crippen LogP contribution is -2.51. The zero-order valence-electron chi connectivity index (χ0n) is 10.9. The van der Waals surface area contributed by atoms with Gasteiger partial charge >= 0.3 is 0 Å². The Labute approximate surface area is 93.8 Å². The molecule has 0 saturated heterocycles.